The van der Waals surface area contributed by atoms with Gasteiger partial charge in [0.05, 0.1) is 9.52 Å². The number of rotatable bonds is 10. The molecule has 0 aliphatic carbocycles. The van der Waals surface area contributed by atoms with Gasteiger partial charge in [-0.3, -0.25) is 0 Å². The second kappa shape index (κ2) is 9.39. The highest BCUT2D eigenvalue weighted by atomic mass is 28.3. The van der Waals surface area contributed by atoms with Gasteiger partial charge in [-0.05, 0) is 12.8 Å². The van der Waals surface area contributed by atoms with Gasteiger partial charge >= 0.3 is 0 Å². The highest BCUT2D eigenvalue weighted by Crippen LogP contribution is 2.12. The summed E-state index contributed by atoms with van der Waals surface area (Å²) in [6.07, 6.45) is 2.18. The zero-order chi connectivity index (χ0) is 12.4. The molecule has 0 amide bonds. The fourth-order valence-electron chi connectivity index (χ4n) is 1.51. The molecule has 4 heteroatoms. The van der Waals surface area contributed by atoms with Crippen molar-refractivity contribution in [3.05, 3.63) is 0 Å². The molecule has 0 fully saturated rings. The Morgan fingerprint density at radius 1 is 1.00 bits per heavy atom. The van der Waals surface area contributed by atoms with E-state index in [9.17, 15) is 0 Å². The lowest BCUT2D eigenvalue weighted by Gasteiger charge is -2.20. The SMILES string of the molecule is CCCOC(OCCC)[SiH2]CC[Si](C)(C)C. The fraction of sp³-hybridized carbons (Fsp3) is 1.00. The van der Waals surface area contributed by atoms with E-state index >= 15 is 0 Å². The molecule has 0 aliphatic heterocycles. The molecule has 0 aromatic heterocycles. The average molecular weight is 263 g/mol. The van der Waals surface area contributed by atoms with Crippen LogP contribution in [0.1, 0.15) is 26.7 Å². The second-order valence-corrected chi connectivity index (χ2v) is 13.2. The van der Waals surface area contributed by atoms with Crippen LogP contribution in [0.25, 0.3) is 0 Å². The molecule has 0 heterocycles. The monoisotopic (exact) mass is 262 g/mol. The third-order valence-corrected chi connectivity index (χ3v) is 6.65. The van der Waals surface area contributed by atoms with Gasteiger partial charge in [-0.1, -0.05) is 45.6 Å². The van der Waals surface area contributed by atoms with Crippen molar-refractivity contribution < 1.29 is 9.47 Å². The molecule has 0 bridgehead atoms. The van der Waals surface area contributed by atoms with Gasteiger partial charge in [0.15, 0.2) is 0 Å². The van der Waals surface area contributed by atoms with Crippen LogP contribution < -0.4 is 0 Å². The molecule has 0 aromatic carbocycles. The third kappa shape index (κ3) is 10.9. The minimum atomic E-state index is -0.863. The number of hydrogen-bond acceptors (Lipinski definition) is 2. The fourth-order valence-corrected chi connectivity index (χ4v) is 7.57. The zero-order valence-electron chi connectivity index (χ0n) is 11.8. The summed E-state index contributed by atoms with van der Waals surface area (Å²) in [5.41, 5.74) is 0. The Balaban J connectivity index is 3.72. The molecule has 0 radical (unpaired) electrons. The maximum Gasteiger partial charge on any atom is 0.134 e. The molecule has 0 saturated carbocycles. The maximum absolute atomic E-state index is 5.76. The quantitative estimate of drug-likeness (QED) is 0.445. The molecular formula is C12H30O2Si2. The lowest BCUT2D eigenvalue weighted by Crippen LogP contribution is -2.28. The van der Waals surface area contributed by atoms with Gasteiger partial charge in [-0.2, -0.15) is 0 Å². The first-order valence-corrected chi connectivity index (χ1v) is 12.2. The van der Waals surface area contributed by atoms with Crippen molar-refractivity contribution >= 4 is 17.6 Å². The summed E-state index contributed by atoms with van der Waals surface area (Å²) >= 11 is 0. The molecule has 0 spiro atoms. The normalized spacial score (nSPS) is 13.1. The Bertz CT molecular complexity index is 150. The predicted octanol–water partition coefficient (Wildman–Crippen LogP) is 3.05. The van der Waals surface area contributed by atoms with Crippen LogP contribution in [0.3, 0.4) is 0 Å². The second-order valence-electron chi connectivity index (χ2n) is 5.62. The Hall–Kier alpha value is 0.354. The summed E-state index contributed by atoms with van der Waals surface area (Å²) in [6, 6.07) is 2.81. The van der Waals surface area contributed by atoms with E-state index in [-0.39, 0.29) is 15.4 Å². The van der Waals surface area contributed by atoms with E-state index < -0.39 is 8.07 Å². The van der Waals surface area contributed by atoms with Crippen LogP contribution in [0, 0.1) is 0 Å². The van der Waals surface area contributed by atoms with Crippen LogP contribution in [0.15, 0.2) is 0 Å². The van der Waals surface area contributed by atoms with E-state index in [4.69, 9.17) is 9.47 Å². The Kier molecular flexibility index (Phi) is 9.60. The van der Waals surface area contributed by atoms with Crippen LogP contribution in [-0.4, -0.2) is 36.7 Å². The van der Waals surface area contributed by atoms with Crippen molar-refractivity contribution in [3.63, 3.8) is 0 Å². The van der Waals surface area contributed by atoms with E-state index in [1.807, 2.05) is 0 Å². The van der Waals surface area contributed by atoms with Gasteiger partial charge in [0.2, 0.25) is 0 Å². The summed E-state index contributed by atoms with van der Waals surface area (Å²) < 4.78 is 11.5. The summed E-state index contributed by atoms with van der Waals surface area (Å²) in [4.78, 5) is 0. The maximum atomic E-state index is 5.76. The summed E-state index contributed by atoms with van der Waals surface area (Å²) in [5.74, 6) is 0.177. The van der Waals surface area contributed by atoms with Gasteiger partial charge in [-0.25, -0.2) is 0 Å². The smallest absolute Gasteiger partial charge is 0.134 e. The van der Waals surface area contributed by atoms with Gasteiger partial charge in [-0.15, -0.1) is 0 Å². The van der Waals surface area contributed by atoms with Gasteiger partial charge in [0.1, 0.15) is 5.91 Å². The van der Waals surface area contributed by atoms with E-state index in [1.54, 1.807) is 0 Å². The lowest BCUT2D eigenvalue weighted by atomic mass is 10.5. The Labute approximate surface area is 105 Å². The molecule has 0 rings (SSSR count). The lowest BCUT2D eigenvalue weighted by molar-refractivity contribution is -0.0903. The van der Waals surface area contributed by atoms with Crippen molar-refractivity contribution in [3.8, 4) is 0 Å². The topological polar surface area (TPSA) is 18.5 Å². The molecule has 0 atom stereocenters. The van der Waals surface area contributed by atoms with E-state index in [2.05, 4.69) is 33.5 Å². The highest BCUT2D eigenvalue weighted by Gasteiger charge is 2.15. The van der Waals surface area contributed by atoms with E-state index in [0.717, 1.165) is 26.1 Å². The molecule has 16 heavy (non-hydrogen) atoms. The minimum absolute atomic E-state index is 0.177. The molecular weight excluding hydrogens is 232 g/mol. The molecule has 2 nitrogen and oxygen atoms in total. The predicted molar refractivity (Wildman–Crippen MR) is 77.8 cm³/mol. The van der Waals surface area contributed by atoms with Crippen molar-refractivity contribution in [2.75, 3.05) is 13.2 Å². The molecule has 0 unspecified atom stereocenters. The number of hydrogen-bond donors (Lipinski definition) is 0. The highest BCUT2D eigenvalue weighted by molar-refractivity contribution is 6.76. The van der Waals surface area contributed by atoms with Gasteiger partial charge in [0, 0.05) is 21.3 Å². The molecule has 0 saturated heterocycles. The Morgan fingerprint density at radius 3 is 1.88 bits per heavy atom. The molecule has 0 N–H and O–H groups in total. The van der Waals surface area contributed by atoms with Crippen LogP contribution in [-0.2, 0) is 9.47 Å². The van der Waals surface area contributed by atoms with Crippen LogP contribution >= 0.6 is 0 Å². The first kappa shape index (κ1) is 16.4. The van der Waals surface area contributed by atoms with E-state index in [0.29, 0.717) is 0 Å². The zero-order valence-corrected chi connectivity index (χ0v) is 14.3. The Morgan fingerprint density at radius 2 is 1.50 bits per heavy atom. The van der Waals surface area contributed by atoms with E-state index in [1.165, 1.54) is 12.1 Å². The average Bonchev–Trinajstić information content (AvgIpc) is 2.19. The minimum Gasteiger partial charge on any atom is -0.357 e. The summed E-state index contributed by atoms with van der Waals surface area (Å²) in [7, 11) is -1.07. The summed E-state index contributed by atoms with van der Waals surface area (Å²) in [6.45, 7) is 13.3. The summed E-state index contributed by atoms with van der Waals surface area (Å²) in [5, 5.41) is 0. The van der Waals surface area contributed by atoms with Crippen LogP contribution in [0.4, 0.5) is 0 Å². The van der Waals surface area contributed by atoms with Gasteiger partial charge < -0.3 is 9.47 Å². The first-order valence-electron chi connectivity index (χ1n) is 6.72. The van der Waals surface area contributed by atoms with Crippen molar-refractivity contribution in [1.82, 2.24) is 0 Å². The standard InChI is InChI=1S/C12H30O2Si2/c1-6-8-13-12(14-9-7-2)15-10-11-16(3,4)5/h12H,6-11,15H2,1-5H3. The van der Waals surface area contributed by atoms with Crippen molar-refractivity contribution in [1.29, 1.82) is 0 Å². The van der Waals surface area contributed by atoms with Crippen LogP contribution in [0.5, 0.6) is 0 Å². The number of ether oxygens (including phenoxy) is 2. The van der Waals surface area contributed by atoms with Crippen molar-refractivity contribution in [2.45, 2.75) is 64.3 Å². The van der Waals surface area contributed by atoms with Crippen LogP contribution in [0.2, 0.25) is 31.7 Å². The molecule has 0 aliphatic rings. The molecule has 98 valence electrons. The van der Waals surface area contributed by atoms with Gasteiger partial charge in [0.25, 0.3) is 0 Å². The van der Waals surface area contributed by atoms with Crippen molar-refractivity contribution in [2.24, 2.45) is 0 Å². The molecule has 0 aromatic rings. The third-order valence-electron chi connectivity index (χ3n) is 2.38. The first-order chi connectivity index (χ1) is 7.49. The largest absolute Gasteiger partial charge is 0.357 e.